The number of halogens is 1. The molecule has 1 aliphatic heterocycles. The number of nitrogens with one attached hydrogen (secondary N) is 1. The molecule has 1 saturated heterocycles. The van der Waals surface area contributed by atoms with E-state index in [9.17, 15) is 18.5 Å². The van der Waals surface area contributed by atoms with E-state index in [1.807, 2.05) is 0 Å². The van der Waals surface area contributed by atoms with Crippen LogP contribution >= 0.6 is 11.6 Å². The van der Waals surface area contributed by atoms with Gasteiger partial charge in [0, 0.05) is 6.04 Å². The van der Waals surface area contributed by atoms with Crippen LogP contribution in [0.3, 0.4) is 0 Å². The van der Waals surface area contributed by atoms with Crippen LogP contribution in [-0.2, 0) is 9.84 Å². The molecule has 104 valence electrons. The summed E-state index contributed by atoms with van der Waals surface area (Å²) in [5, 5.41) is 13.7. The van der Waals surface area contributed by atoms with Gasteiger partial charge in [0.05, 0.1) is 28.6 Å². The highest BCUT2D eigenvalue weighted by atomic mass is 35.5. The quantitative estimate of drug-likeness (QED) is 0.517. The van der Waals surface area contributed by atoms with E-state index in [1.165, 1.54) is 6.07 Å². The summed E-state index contributed by atoms with van der Waals surface area (Å²) in [6.07, 6.45) is 0.925. The molecule has 0 atom stereocenters. The molecule has 0 saturated carbocycles. The van der Waals surface area contributed by atoms with Crippen molar-refractivity contribution in [2.75, 3.05) is 16.8 Å². The van der Waals surface area contributed by atoms with Gasteiger partial charge in [0.15, 0.2) is 0 Å². The fourth-order valence-electron chi connectivity index (χ4n) is 1.91. The van der Waals surface area contributed by atoms with E-state index in [0.29, 0.717) is 18.7 Å². The SMILES string of the molecule is O=[N+]([O-])c1cc(Cl)nc(NC2CCS(=O)(=O)CC2)c1. The normalized spacial score (nSPS) is 19.0. The smallest absolute Gasteiger partial charge is 0.276 e. The first-order valence-electron chi connectivity index (χ1n) is 5.65. The Morgan fingerprint density at radius 1 is 1.37 bits per heavy atom. The van der Waals surface area contributed by atoms with Gasteiger partial charge in [-0.2, -0.15) is 0 Å². The average Bonchev–Trinajstić information content (AvgIpc) is 2.31. The summed E-state index contributed by atoms with van der Waals surface area (Å²) in [5.74, 6) is 0.532. The minimum absolute atomic E-state index is 0.0279. The Kier molecular flexibility index (Phi) is 3.91. The highest BCUT2D eigenvalue weighted by Crippen LogP contribution is 2.23. The summed E-state index contributed by atoms with van der Waals surface area (Å²) in [4.78, 5) is 14.1. The van der Waals surface area contributed by atoms with Crippen molar-refractivity contribution in [1.82, 2.24) is 4.98 Å². The Morgan fingerprint density at radius 2 is 2.00 bits per heavy atom. The van der Waals surface area contributed by atoms with Crippen LogP contribution in [0.4, 0.5) is 11.5 Å². The molecule has 0 aliphatic carbocycles. The fourth-order valence-corrected chi connectivity index (χ4v) is 3.60. The molecule has 0 bridgehead atoms. The van der Waals surface area contributed by atoms with Crippen LogP contribution in [0.2, 0.25) is 5.15 Å². The Morgan fingerprint density at radius 3 is 2.58 bits per heavy atom. The van der Waals surface area contributed by atoms with Crippen LogP contribution in [0, 0.1) is 10.1 Å². The predicted octanol–water partition coefficient (Wildman–Crippen LogP) is 1.63. The Balaban J connectivity index is 2.09. The van der Waals surface area contributed by atoms with Gasteiger partial charge in [-0.25, -0.2) is 13.4 Å². The maximum absolute atomic E-state index is 11.3. The van der Waals surface area contributed by atoms with Gasteiger partial charge in [-0.3, -0.25) is 10.1 Å². The van der Waals surface area contributed by atoms with Gasteiger partial charge in [0.25, 0.3) is 5.69 Å². The molecule has 9 heteroatoms. The number of pyridine rings is 1. The number of aromatic nitrogens is 1. The highest BCUT2D eigenvalue weighted by molar-refractivity contribution is 7.91. The molecule has 0 unspecified atom stereocenters. The average molecular weight is 306 g/mol. The maximum Gasteiger partial charge on any atom is 0.276 e. The van der Waals surface area contributed by atoms with Crippen LogP contribution < -0.4 is 5.32 Å². The first-order valence-corrected chi connectivity index (χ1v) is 7.84. The number of rotatable bonds is 3. The number of sulfone groups is 1. The van der Waals surface area contributed by atoms with Gasteiger partial charge in [-0.05, 0) is 12.8 Å². The van der Waals surface area contributed by atoms with Crippen LogP contribution in [0.5, 0.6) is 0 Å². The minimum atomic E-state index is -2.93. The predicted molar refractivity (Wildman–Crippen MR) is 71.2 cm³/mol. The summed E-state index contributed by atoms with van der Waals surface area (Å²) in [6, 6.07) is 2.39. The summed E-state index contributed by atoms with van der Waals surface area (Å²) in [7, 11) is -2.93. The van der Waals surface area contributed by atoms with Crippen molar-refractivity contribution in [2.45, 2.75) is 18.9 Å². The van der Waals surface area contributed by atoms with Crippen LogP contribution in [0.1, 0.15) is 12.8 Å². The second-order valence-electron chi connectivity index (χ2n) is 4.36. The standard InChI is InChI=1S/C10H12ClN3O4S/c11-9-5-8(14(15)16)6-10(13-9)12-7-1-3-19(17,18)4-2-7/h5-7H,1-4H2,(H,12,13). The molecule has 7 nitrogen and oxygen atoms in total. The van der Waals surface area contributed by atoms with E-state index >= 15 is 0 Å². The van der Waals surface area contributed by atoms with Crippen molar-refractivity contribution in [1.29, 1.82) is 0 Å². The third-order valence-corrected chi connectivity index (χ3v) is 4.81. The van der Waals surface area contributed by atoms with E-state index in [-0.39, 0.29) is 28.4 Å². The summed E-state index contributed by atoms with van der Waals surface area (Å²) in [6.45, 7) is 0. The minimum Gasteiger partial charge on any atom is -0.367 e. The lowest BCUT2D eigenvalue weighted by Crippen LogP contribution is -2.32. The van der Waals surface area contributed by atoms with Gasteiger partial charge in [0.1, 0.15) is 20.8 Å². The van der Waals surface area contributed by atoms with Crippen molar-refractivity contribution in [3.8, 4) is 0 Å². The number of anilines is 1. The molecular weight excluding hydrogens is 294 g/mol. The first kappa shape index (κ1) is 14.0. The molecule has 0 aromatic carbocycles. The molecular formula is C10H12ClN3O4S. The van der Waals surface area contributed by atoms with Crippen molar-refractivity contribution in [3.05, 3.63) is 27.4 Å². The van der Waals surface area contributed by atoms with Crippen molar-refractivity contribution in [3.63, 3.8) is 0 Å². The zero-order chi connectivity index (χ0) is 14.0. The zero-order valence-corrected chi connectivity index (χ0v) is 11.4. The van der Waals surface area contributed by atoms with Gasteiger partial charge in [-0.1, -0.05) is 11.6 Å². The van der Waals surface area contributed by atoms with Crippen molar-refractivity contribution < 1.29 is 13.3 Å². The van der Waals surface area contributed by atoms with Gasteiger partial charge in [0.2, 0.25) is 0 Å². The van der Waals surface area contributed by atoms with Crippen LogP contribution in [0.25, 0.3) is 0 Å². The van der Waals surface area contributed by atoms with E-state index in [1.54, 1.807) is 0 Å². The molecule has 2 heterocycles. The molecule has 0 spiro atoms. The third kappa shape index (κ3) is 3.77. The zero-order valence-electron chi connectivity index (χ0n) is 9.87. The monoisotopic (exact) mass is 305 g/mol. The number of hydrogen-bond donors (Lipinski definition) is 1. The molecule has 19 heavy (non-hydrogen) atoms. The largest absolute Gasteiger partial charge is 0.367 e. The number of hydrogen-bond acceptors (Lipinski definition) is 6. The lowest BCUT2D eigenvalue weighted by Gasteiger charge is -2.23. The molecule has 1 N–H and O–H groups in total. The van der Waals surface area contributed by atoms with E-state index in [2.05, 4.69) is 10.3 Å². The topological polar surface area (TPSA) is 102 Å². The molecule has 1 aromatic rings. The molecule has 0 radical (unpaired) electrons. The summed E-state index contributed by atoms with van der Waals surface area (Å²) >= 11 is 5.71. The van der Waals surface area contributed by atoms with Crippen molar-refractivity contribution in [2.24, 2.45) is 0 Å². The fraction of sp³-hybridized carbons (Fsp3) is 0.500. The van der Waals surface area contributed by atoms with Gasteiger partial charge in [-0.15, -0.1) is 0 Å². The molecule has 1 aromatic heterocycles. The third-order valence-electron chi connectivity index (χ3n) is 2.90. The van der Waals surface area contributed by atoms with E-state index in [0.717, 1.165) is 6.07 Å². The van der Waals surface area contributed by atoms with Crippen LogP contribution in [-0.4, -0.2) is 35.9 Å². The van der Waals surface area contributed by atoms with E-state index < -0.39 is 14.8 Å². The Hall–Kier alpha value is -1.41. The Bertz CT molecular complexity index is 591. The summed E-state index contributed by atoms with van der Waals surface area (Å²) < 4.78 is 22.6. The molecule has 1 fully saturated rings. The molecule has 1 aliphatic rings. The molecule has 0 amide bonds. The maximum atomic E-state index is 11.3. The first-order chi connectivity index (χ1) is 8.85. The Labute approximate surface area is 115 Å². The number of nitro groups is 1. The second kappa shape index (κ2) is 5.30. The van der Waals surface area contributed by atoms with Crippen LogP contribution in [0.15, 0.2) is 12.1 Å². The van der Waals surface area contributed by atoms with Gasteiger partial charge >= 0.3 is 0 Å². The van der Waals surface area contributed by atoms with Crippen molar-refractivity contribution >= 4 is 32.9 Å². The molecule has 2 rings (SSSR count). The van der Waals surface area contributed by atoms with E-state index in [4.69, 9.17) is 11.6 Å². The highest BCUT2D eigenvalue weighted by Gasteiger charge is 2.24. The lowest BCUT2D eigenvalue weighted by molar-refractivity contribution is -0.384. The lowest BCUT2D eigenvalue weighted by atomic mass is 10.1. The number of nitrogens with zero attached hydrogens (tertiary/aromatic N) is 2. The summed E-state index contributed by atoms with van der Waals surface area (Å²) in [5.41, 5.74) is -0.147. The second-order valence-corrected chi connectivity index (χ2v) is 7.05. The van der Waals surface area contributed by atoms with Gasteiger partial charge < -0.3 is 5.32 Å².